The highest BCUT2D eigenvalue weighted by Crippen LogP contribution is 2.19. The van der Waals surface area contributed by atoms with Crippen molar-refractivity contribution in [1.82, 2.24) is 25.3 Å². The number of hydrogen-bond acceptors (Lipinski definition) is 4. The van der Waals surface area contributed by atoms with Crippen LogP contribution >= 0.6 is 0 Å². The van der Waals surface area contributed by atoms with Gasteiger partial charge in [0.1, 0.15) is 11.7 Å². The molecule has 134 valence electrons. The van der Waals surface area contributed by atoms with Gasteiger partial charge in [-0.3, -0.25) is 9.78 Å². The molecule has 6 heteroatoms. The zero-order chi connectivity index (χ0) is 18.5. The lowest BCUT2D eigenvalue weighted by molar-refractivity contribution is 0.0913. The Morgan fingerprint density at radius 1 is 0.963 bits per heavy atom. The second-order valence-corrected chi connectivity index (χ2v) is 6.27. The first kappa shape index (κ1) is 16.9. The summed E-state index contributed by atoms with van der Waals surface area (Å²) in [6, 6.07) is 21.3. The molecule has 0 aliphatic carbocycles. The lowest BCUT2D eigenvalue weighted by Crippen LogP contribution is -2.33. The molecule has 0 unspecified atom stereocenters. The van der Waals surface area contributed by atoms with Gasteiger partial charge in [-0.2, -0.15) is 0 Å². The number of aryl methyl sites for hydroxylation is 1. The Morgan fingerprint density at radius 2 is 1.70 bits per heavy atom. The highest BCUT2D eigenvalue weighted by atomic mass is 16.1. The molecular weight excluding hydrogens is 338 g/mol. The maximum Gasteiger partial charge on any atom is 0.253 e. The molecule has 6 nitrogen and oxygen atoms in total. The molecular formula is C21H19N5O. The van der Waals surface area contributed by atoms with Crippen LogP contribution in [0.25, 0.3) is 11.0 Å². The number of pyridine rings is 1. The predicted octanol–water partition coefficient (Wildman–Crippen LogP) is 3.39. The summed E-state index contributed by atoms with van der Waals surface area (Å²) in [6.45, 7) is 0. The highest BCUT2D eigenvalue weighted by molar-refractivity contribution is 5.94. The van der Waals surface area contributed by atoms with Gasteiger partial charge < -0.3 is 5.32 Å². The van der Waals surface area contributed by atoms with Gasteiger partial charge in [-0.15, -0.1) is 5.10 Å². The summed E-state index contributed by atoms with van der Waals surface area (Å²) in [5, 5.41) is 11.6. The van der Waals surface area contributed by atoms with E-state index < -0.39 is 0 Å². The topological polar surface area (TPSA) is 72.7 Å². The van der Waals surface area contributed by atoms with Crippen LogP contribution in [0.3, 0.4) is 0 Å². The molecule has 4 aromatic rings. The van der Waals surface area contributed by atoms with E-state index >= 15 is 0 Å². The second-order valence-electron chi connectivity index (χ2n) is 6.27. The third kappa shape index (κ3) is 3.84. The normalized spacial score (nSPS) is 12.0. The third-order valence-electron chi connectivity index (χ3n) is 4.46. The van der Waals surface area contributed by atoms with Crippen molar-refractivity contribution in [3.63, 3.8) is 0 Å². The van der Waals surface area contributed by atoms with E-state index in [2.05, 4.69) is 32.7 Å². The second kappa shape index (κ2) is 7.78. The van der Waals surface area contributed by atoms with Crippen LogP contribution in [0.15, 0.2) is 79.1 Å². The van der Waals surface area contributed by atoms with E-state index in [4.69, 9.17) is 0 Å². The number of carbonyl (C=O) groups is 1. The maximum absolute atomic E-state index is 12.7. The molecule has 1 N–H and O–H groups in total. The first-order valence-electron chi connectivity index (χ1n) is 8.86. The SMILES string of the molecule is O=C(N[C@@H](CCc1ccccc1)n1nnc2ccccc21)c1ccncc1. The fraction of sp³-hybridized carbons (Fsp3) is 0.143. The number of rotatable bonds is 6. The van der Waals surface area contributed by atoms with Crippen molar-refractivity contribution >= 4 is 16.9 Å². The van der Waals surface area contributed by atoms with E-state index in [0.717, 1.165) is 17.5 Å². The fourth-order valence-corrected chi connectivity index (χ4v) is 3.06. The summed E-state index contributed by atoms with van der Waals surface area (Å²) < 4.78 is 1.79. The molecule has 0 aliphatic rings. The summed E-state index contributed by atoms with van der Waals surface area (Å²) >= 11 is 0. The van der Waals surface area contributed by atoms with Crippen LogP contribution in [0.2, 0.25) is 0 Å². The molecule has 27 heavy (non-hydrogen) atoms. The molecule has 0 fully saturated rings. The van der Waals surface area contributed by atoms with Crippen molar-refractivity contribution in [3.05, 3.63) is 90.3 Å². The monoisotopic (exact) mass is 357 g/mol. The molecule has 0 bridgehead atoms. The van der Waals surface area contributed by atoms with Crippen molar-refractivity contribution in [1.29, 1.82) is 0 Å². The first-order chi connectivity index (χ1) is 13.3. The minimum absolute atomic E-state index is 0.157. The van der Waals surface area contributed by atoms with Gasteiger partial charge in [-0.1, -0.05) is 47.7 Å². The van der Waals surface area contributed by atoms with Gasteiger partial charge in [-0.25, -0.2) is 4.68 Å². The largest absolute Gasteiger partial charge is 0.330 e. The number of hydrogen-bond donors (Lipinski definition) is 1. The highest BCUT2D eigenvalue weighted by Gasteiger charge is 2.19. The van der Waals surface area contributed by atoms with E-state index in [-0.39, 0.29) is 12.1 Å². The Labute approximate surface area is 156 Å². The van der Waals surface area contributed by atoms with Gasteiger partial charge in [-0.05, 0) is 42.7 Å². The zero-order valence-corrected chi connectivity index (χ0v) is 14.7. The number of carbonyl (C=O) groups excluding carboxylic acids is 1. The number of para-hydroxylation sites is 1. The lowest BCUT2D eigenvalue weighted by Gasteiger charge is -2.19. The maximum atomic E-state index is 12.7. The van der Waals surface area contributed by atoms with E-state index in [1.54, 1.807) is 29.2 Å². The van der Waals surface area contributed by atoms with Crippen LogP contribution in [0.1, 0.15) is 28.5 Å². The quantitative estimate of drug-likeness (QED) is 0.574. The van der Waals surface area contributed by atoms with Gasteiger partial charge >= 0.3 is 0 Å². The van der Waals surface area contributed by atoms with Crippen molar-refractivity contribution in [3.8, 4) is 0 Å². The Bertz CT molecular complexity index is 1030. The van der Waals surface area contributed by atoms with Crippen LogP contribution in [0.5, 0.6) is 0 Å². The summed E-state index contributed by atoms with van der Waals surface area (Å²) in [4.78, 5) is 16.7. The van der Waals surface area contributed by atoms with E-state index in [9.17, 15) is 4.79 Å². The number of nitrogens with one attached hydrogen (secondary N) is 1. The molecule has 0 saturated carbocycles. The fourth-order valence-electron chi connectivity index (χ4n) is 3.06. The Morgan fingerprint density at radius 3 is 2.52 bits per heavy atom. The zero-order valence-electron chi connectivity index (χ0n) is 14.7. The molecule has 1 amide bonds. The average molecular weight is 357 g/mol. The van der Waals surface area contributed by atoms with Gasteiger partial charge in [0.25, 0.3) is 5.91 Å². The first-order valence-corrected chi connectivity index (χ1v) is 8.86. The van der Waals surface area contributed by atoms with Gasteiger partial charge in [0.2, 0.25) is 0 Å². The molecule has 4 rings (SSSR count). The Kier molecular flexibility index (Phi) is 4.87. The average Bonchev–Trinajstić information content (AvgIpc) is 3.16. The number of amides is 1. The Hall–Kier alpha value is -3.54. The van der Waals surface area contributed by atoms with E-state index in [1.807, 2.05) is 42.5 Å². The minimum atomic E-state index is -0.307. The third-order valence-corrected chi connectivity index (χ3v) is 4.46. The van der Waals surface area contributed by atoms with Crippen LogP contribution < -0.4 is 5.32 Å². The molecule has 2 aromatic carbocycles. The van der Waals surface area contributed by atoms with Gasteiger partial charge in [0, 0.05) is 18.0 Å². The number of aromatic nitrogens is 4. The van der Waals surface area contributed by atoms with Crippen LogP contribution in [-0.4, -0.2) is 25.9 Å². The van der Waals surface area contributed by atoms with Crippen LogP contribution in [0, 0.1) is 0 Å². The van der Waals surface area contributed by atoms with Crippen molar-refractivity contribution in [2.45, 2.75) is 19.0 Å². The van der Waals surface area contributed by atoms with Crippen molar-refractivity contribution in [2.24, 2.45) is 0 Å². The molecule has 2 aromatic heterocycles. The van der Waals surface area contributed by atoms with Crippen molar-refractivity contribution < 1.29 is 4.79 Å². The van der Waals surface area contributed by atoms with Crippen LogP contribution in [0.4, 0.5) is 0 Å². The molecule has 0 radical (unpaired) electrons. The Balaban J connectivity index is 1.61. The molecule has 2 heterocycles. The standard InChI is InChI=1S/C21H19N5O/c27-21(17-12-14-22-15-13-17)23-20(11-10-16-6-2-1-3-7-16)26-19-9-5-4-8-18(19)24-25-26/h1-9,12-15,20H,10-11H2,(H,23,27)/t20-/m1/s1. The minimum Gasteiger partial charge on any atom is -0.330 e. The van der Waals surface area contributed by atoms with Crippen LogP contribution in [-0.2, 0) is 6.42 Å². The number of benzene rings is 2. The van der Waals surface area contributed by atoms with E-state index in [1.165, 1.54) is 5.56 Å². The predicted molar refractivity (Wildman–Crippen MR) is 103 cm³/mol. The summed E-state index contributed by atoms with van der Waals surface area (Å²) in [6.07, 6.45) is 4.43. The van der Waals surface area contributed by atoms with Crippen molar-refractivity contribution in [2.75, 3.05) is 0 Å². The molecule has 0 spiro atoms. The lowest BCUT2D eigenvalue weighted by atomic mass is 10.1. The van der Waals surface area contributed by atoms with Gasteiger partial charge in [0.05, 0.1) is 5.52 Å². The van der Waals surface area contributed by atoms with E-state index in [0.29, 0.717) is 12.0 Å². The molecule has 0 saturated heterocycles. The summed E-state index contributed by atoms with van der Waals surface area (Å²) in [5.41, 5.74) is 3.48. The molecule has 0 aliphatic heterocycles. The smallest absolute Gasteiger partial charge is 0.253 e. The van der Waals surface area contributed by atoms with Gasteiger partial charge in [0.15, 0.2) is 0 Å². The summed E-state index contributed by atoms with van der Waals surface area (Å²) in [7, 11) is 0. The molecule has 1 atom stereocenters. The number of nitrogens with zero attached hydrogens (tertiary/aromatic N) is 4. The summed E-state index contributed by atoms with van der Waals surface area (Å²) in [5.74, 6) is -0.157. The number of fused-ring (bicyclic) bond motifs is 1.